The Morgan fingerprint density at radius 3 is 2.48 bits per heavy atom. The molecule has 3 heterocycles. The normalized spacial score (nSPS) is 19.2. The fraction of sp³-hybridized carbons (Fsp3) is 0.360. The molecule has 1 aromatic heterocycles. The third kappa shape index (κ3) is 4.33. The summed E-state index contributed by atoms with van der Waals surface area (Å²) in [5.41, 5.74) is 1.69. The zero-order valence-electron chi connectivity index (χ0n) is 18.5. The molecule has 0 aliphatic carbocycles. The first-order chi connectivity index (χ1) is 16.1. The summed E-state index contributed by atoms with van der Waals surface area (Å²) in [6, 6.07) is 17.1. The maximum atomic E-state index is 13.1. The maximum Gasteiger partial charge on any atom is 0.257 e. The molecule has 2 aliphatic heterocycles. The quantitative estimate of drug-likeness (QED) is 0.596. The van der Waals surface area contributed by atoms with Gasteiger partial charge in [0.15, 0.2) is 5.82 Å². The Hall–Kier alpha value is -3.68. The van der Waals surface area contributed by atoms with Crippen LogP contribution in [0.3, 0.4) is 0 Å². The smallest absolute Gasteiger partial charge is 0.257 e. The molecular formula is C25H26N4O4. The number of hydrogen-bond acceptors (Lipinski definition) is 6. The molecule has 0 spiro atoms. The Balaban J connectivity index is 1.18. The van der Waals surface area contributed by atoms with E-state index >= 15 is 0 Å². The first kappa shape index (κ1) is 21.2. The largest absolute Gasteiger partial charge is 0.497 e. The van der Waals surface area contributed by atoms with E-state index in [0.717, 1.165) is 29.8 Å². The number of likely N-dealkylation sites (tertiary alicyclic amines) is 1. The first-order valence-corrected chi connectivity index (χ1v) is 11.2. The lowest BCUT2D eigenvalue weighted by atomic mass is 9.95. The summed E-state index contributed by atoms with van der Waals surface area (Å²) in [6.45, 7) is 1.67. The van der Waals surface area contributed by atoms with Crippen molar-refractivity contribution in [1.29, 1.82) is 0 Å². The number of benzene rings is 2. The number of rotatable bonds is 5. The minimum Gasteiger partial charge on any atom is -0.497 e. The molecule has 3 aromatic rings. The molecule has 2 fully saturated rings. The van der Waals surface area contributed by atoms with E-state index < -0.39 is 0 Å². The number of carbonyl (C=O) groups excluding carboxylic acids is 2. The molecule has 170 valence electrons. The van der Waals surface area contributed by atoms with E-state index in [-0.39, 0.29) is 30.1 Å². The highest BCUT2D eigenvalue weighted by Gasteiger charge is 2.38. The van der Waals surface area contributed by atoms with Crippen molar-refractivity contribution in [2.75, 3.05) is 31.6 Å². The predicted octanol–water partition coefficient (Wildman–Crippen LogP) is 3.50. The molecule has 0 unspecified atom stereocenters. The van der Waals surface area contributed by atoms with Gasteiger partial charge in [0, 0.05) is 43.2 Å². The van der Waals surface area contributed by atoms with Gasteiger partial charge in [-0.2, -0.15) is 4.98 Å². The van der Waals surface area contributed by atoms with Gasteiger partial charge in [0.25, 0.3) is 5.89 Å². The molecule has 0 saturated carbocycles. The van der Waals surface area contributed by atoms with Gasteiger partial charge in [-0.25, -0.2) is 0 Å². The third-order valence-electron chi connectivity index (χ3n) is 6.49. The predicted molar refractivity (Wildman–Crippen MR) is 122 cm³/mol. The molecule has 0 radical (unpaired) electrons. The van der Waals surface area contributed by atoms with Crippen LogP contribution in [0.15, 0.2) is 59.1 Å². The number of hydrogen-bond donors (Lipinski definition) is 0. The molecule has 0 N–H and O–H groups in total. The van der Waals surface area contributed by atoms with Crippen molar-refractivity contribution in [1.82, 2.24) is 15.0 Å². The number of methoxy groups -OCH3 is 1. The Morgan fingerprint density at radius 2 is 1.79 bits per heavy atom. The highest BCUT2D eigenvalue weighted by molar-refractivity contribution is 6.00. The number of nitrogens with zero attached hydrogens (tertiary/aromatic N) is 4. The molecule has 2 saturated heterocycles. The maximum absolute atomic E-state index is 13.1. The van der Waals surface area contributed by atoms with Crippen LogP contribution >= 0.6 is 0 Å². The summed E-state index contributed by atoms with van der Waals surface area (Å²) in [5, 5.41) is 4.18. The molecule has 8 nitrogen and oxygen atoms in total. The molecule has 2 aliphatic rings. The summed E-state index contributed by atoms with van der Waals surface area (Å²) in [6.07, 6.45) is 1.81. The van der Waals surface area contributed by atoms with Crippen LogP contribution < -0.4 is 9.64 Å². The van der Waals surface area contributed by atoms with Gasteiger partial charge in [0.2, 0.25) is 11.8 Å². The van der Waals surface area contributed by atoms with Gasteiger partial charge in [-0.3, -0.25) is 9.59 Å². The van der Waals surface area contributed by atoms with Crippen molar-refractivity contribution in [2.45, 2.75) is 25.2 Å². The SMILES string of the molecule is COc1ccc(N2C[C@@H](C(=O)N3CCC(c4noc(-c5ccccc5)n4)CC3)CC2=O)cc1. The average molecular weight is 447 g/mol. The molecule has 8 heteroatoms. The summed E-state index contributed by atoms with van der Waals surface area (Å²) in [7, 11) is 1.61. The van der Waals surface area contributed by atoms with Crippen LogP contribution in [-0.2, 0) is 9.59 Å². The summed E-state index contributed by atoms with van der Waals surface area (Å²) in [4.78, 5) is 33.9. The zero-order chi connectivity index (χ0) is 22.8. The van der Waals surface area contributed by atoms with Gasteiger partial charge in [0.05, 0.1) is 13.0 Å². The highest BCUT2D eigenvalue weighted by atomic mass is 16.5. The summed E-state index contributed by atoms with van der Waals surface area (Å²) in [5.74, 6) is 1.83. The number of anilines is 1. The van der Waals surface area contributed by atoms with Gasteiger partial charge in [-0.05, 0) is 49.2 Å². The van der Waals surface area contributed by atoms with Gasteiger partial charge in [0.1, 0.15) is 5.75 Å². The Labute approximate surface area is 192 Å². The lowest BCUT2D eigenvalue weighted by Gasteiger charge is -2.32. The number of aromatic nitrogens is 2. The zero-order valence-corrected chi connectivity index (χ0v) is 18.5. The summed E-state index contributed by atoms with van der Waals surface area (Å²) >= 11 is 0. The van der Waals surface area contributed by atoms with E-state index in [4.69, 9.17) is 9.26 Å². The second-order valence-electron chi connectivity index (χ2n) is 8.53. The first-order valence-electron chi connectivity index (χ1n) is 11.2. The van der Waals surface area contributed by atoms with E-state index in [0.29, 0.717) is 31.3 Å². The minimum absolute atomic E-state index is 0.0198. The molecule has 5 rings (SSSR count). The van der Waals surface area contributed by atoms with E-state index in [9.17, 15) is 9.59 Å². The Kier molecular flexibility index (Phi) is 5.81. The standard InChI is InChI=1S/C25H26N4O4/c1-32-21-9-7-20(8-10-21)29-16-19(15-22(29)30)25(31)28-13-11-17(12-14-28)23-26-24(33-27-23)18-5-3-2-4-6-18/h2-10,17,19H,11-16H2,1H3/t19-/m0/s1. The van der Waals surface area contributed by atoms with Crippen LogP contribution in [-0.4, -0.2) is 53.6 Å². The fourth-order valence-electron chi connectivity index (χ4n) is 4.60. The molecular weight excluding hydrogens is 420 g/mol. The van der Waals surface area contributed by atoms with Gasteiger partial charge in [-0.1, -0.05) is 23.4 Å². The van der Waals surface area contributed by atoms with Crippen LogP contribution in [0, 0.1) is 5.92 Å². The van der Waals surface area contributed by atoms with Crippen molar-refractivity contribution in [2.24, 2.45) is 5.92 Å². The number of amides is 2. The molecule has 2 amide bonds. The molecule has 2 aromatic carbocycles. The fourth-order valence-corrected chi connectivity index (χ4v) is 4.60. The van der Waals surface area contributed by atoms with Gasteiger partial charge in [-0.15, -0.1) is 0 Å². The highest BCUT2D eigenvalue weighted by Crippen LogP contribution is 2.31. The lowest BCUT2D eigenvalue weighted by molar-refractivity contribution is -0.136. The number of ether oxygens (including phenoxy) is 1. The van der Waals surface area contributed by atoms with Gasteiger partial charge >= 0.3 is 0 Å². The number of carbonyl (C=O) groups is 2. The molecule has 1 atom stereocenters. The Bertz CT molecular complexity index is 1120. The van der Waals surface area contributed by atoms with E-state index in [1.807, 2.05) is 59.5 Å². The summed E-state index contributed by atoms with van der Waals surface area (Å²) < 4.78 is 10.6. The van der Waals surface area contributed by atoms with Crippen molar-refractivity contribution in [3.63, 3.8) is 0 Å². The van der Waals surface area contributed by atoms with Crippen molar-refractivity contribution >= 4 is 17.5 Å². The Morgan fingerprint density at radius 1 is 1.06 bits per heavy atom. The number of piperidine rings is 1. The average Bonchev–Trinajstić information content (AvgIpc) is 3.52. The topological polar surface area (TPSA) is 88.8 Å². The van der Waals surface area contributed by atoms with Crippen LogP contribution in [0.1, 0.15) is 31.0 Å². The van der Waals surface area contributed by atoms with E-state index in [1.54, 1.807) is 12.0 Å². The van der Waals surface area contributed by atoms with Gasteiger partial charge < -0.3 is 19.1 Å². The second-order valence-corrected chi connectivity index (χ2v) is 8.53. The van der Waals surface area contributed by atoms with E-state index in [2.05, 4.69) is 10.1 Å². The molecule has 0 bridgehead atoms. The van der Waals surface area contributed by atoms with Crippen LogP contribution in [0.25, 0.3) is 11.5 Å². The third-order valence-corrected chi connectivity index (χ3v) is 6.49. The van der Waals surface area contributed by atoms with Crippen molar-refractivity contribution < 1.29 is 18.8 Å². The van der Waals surface area contributed by atoms with Crippen LogP contribution in [0.4, 0.5) is 5.69 Å². The second kappa shape index (κ2) is 9.05. The molecule has 33 heavy (non-hydrogen) atoms. The van der Waals surface area contributed by atoms with Crippen LogP contribution in [0.5, 0.6) is 5.75 Å². The monoisotopic (exact) mass is 446 g/mol. The van der Waals surface area contributed by atoms with Crippen LogP contribution in [0.2, 0.25) is 0 Å². The minimum atomic E-state index is -0.314. The van der Waals surface area contributed by atoms with Crippen molar-refractivity contribution in [3.05, 3.63) is 60.4 Å². The lowest BCUT2D eigenvalue weighted by Crippen LogP contribution is -2.42. The van der Waals surface area contributed by atoms with Crippen molar-refractivity contribution in [3.8, 4) is 17.2 Å². The van der Waals surface area contributed by atoms with E-state index in [1.165, 1.54) is 0 Å².